The number of halogens is 1. The molecule has 0 radical (unpaired) electrons. The smallest absolute Gasteiger partial charge is 0.347 e. The zero-order valence-corrected chi connectivity index (χ0v) is 16.0. The molecular formula is C19H20ClNO4S. The molecule has 0 spiro atoms. The number of thiophene rings is 1. The Labute approximate surface area is 161 Å². The minimum absolute atomic E-state index is 0.0846. The molecule has 1 aromatic carbocycles. The van der Waals surface area contributed by atoms with Gasteiger partial charge in [0, 0.05) is 16.4 Å². The van der Waals surface area contributed by atoms with Crippen LogP contribution < -0.4 is 4.74 Å². The average molecular weight is 394 g/mol. The Morgan fingerprint density at radius 1 is 1.35 bits per heavy atom. The third-order valence-electron chi connectivity index (χ3n) is 4.22. The fraction of sp³-hybridized carbons (Fsp3) is 0.368. The largest absolute Gasteiger partial charge is 0.479 e. The Morgan fingerprint density at radius 3 is 2.92 bits per heavy atom. The van der Waals surface area contributed by atoms with E-state index in [2.05, 4.69) is 0 Å². The number of esters is 1. The molecule has 2 atom stereocenters. The highest BCUT2D eigenvalue weighted by Crippen LogP contribution is 2.34. The van der Waals surface area contributed by atoms with Gasteiger partial charge in [0.1, 0.15) is 5.75 Å². The fourth-order valence-electron chi connectivity index (χ4n) is 2.97. The summed E-state index contributed by atoms with van der Waals surface area (Å²) in [6, 6.07) is 10.9. The first kappa shape index (κ1) is 18.7. The highest BCUT2D eigenvalue weighted by molar-refractivity contribution is 7.10. The number of likely N-dealkylation sites (tertiary alicyclic amines) is 1. The number of hydrogen-bond acceptors (Lipinski definition) is 5. The van der Waals surface area contributed by atoms with E-state index in [1.54, 1.807) is 47.4 Å². The maximum atomic E-state index is 12.5. The van der Waals surface area contributed by atoms with Crippen LogP contribution >= 0.6 is 22.9 Å². The lowest BCUT2D eigenvalue weighted by atomic mass is 10.2. The van der Waals surface area contributed by atoms with Crippen molar-refractivity contribution in [2.75, 3.05) is 13.2 Å². The Hall–Kier alpha value is -2.05. The van der Waals surface area contributed by atoms with E-state index in [0.29, 0.717) is 17.3 Å². The molecule has 3 rings (SSSR count). The van der Waals surface area contributed by atoms with Crippen molar-refractivity contribution in [3.63, 3.8) is 0 Å². The van der Waals surface area contributed by atoms with Gasteiger partial charge in [0.25, 0.3) is 5.91 Å². The van der Waals surface area contributed by atoms with Crippen molar-refractivity contribution in [2.45, 2.75) is 31.9 Å². The second kappa shape index (κ2) is 8.56. The first-order valence-corrected chi connectivity index (χ1v) is 9.72. The number of carbonyl (C=O) groups excluding carboxylic acids is 2. The summed E-state index contributed by atoms with van der Waals surface area (Å²) in [5.41, 5.74) is 0. The third-order valence-corrected chi connectivity index (χ3v) is 5.43. The third kappa shape index (κ3) is 4.56. The first-order chi connectivity index (χ1) is 12.5. The van der Waals surface area contributed by atoms with Crippen LogP contribution in [0, 0.1) is 0 Å². The monoisotopic (exact) mass is 393 g/mol. The van der Waals surface area contributed by atoms with E-state index < -0.39 is 12.1 Å². The molecular weight excluding hydrogens is 374 g/mol. The predicted octanol–water partition coefficient (Wildman–Crippen LogP) is 4.08. The molecule has 0 N–H and O–H groups in total. The maximum absolute atomic E-state index is 12.5. The quantitative estimate of drug-likeness (QED) is 0.694. The van der Waals surface area contributed by atoms with Gasteiger partial charge in [-0.1, -0.05) is 23.7 Å². The van der Waals surface area contributed by atoms with Gasteiger partial charge in [0.2, 0.25) is 0 Å². The average Bonchev–Trinajstić information content (AvgIpc) is 3.30. The summed E-state index contributed by atoms with van der Waals surface area (Å²) >= 11 is 7.53. The van der Waals surface area contributed by atoms with Crippen molar-refractivity contribution in [1.82, 2.24) is 4.90 Å². The zero-order chi connectivity index (χ0) is 18.5. The van der Waals surface area contributed by atoms with E-state index in [4.69, 9.17) is 21.1 Å². The lowest BCUT2D eigenvalue weighted by Gasteiger charge is -2.24. The van der Waals surface area contributed by atoms with E-state index in [-0.39, 0.29) is 18.6 Å². The van der Waals surface area contributed by atoms with Crippen molar-refractivity contribution in [1.29, 1.82) is 0 Å². The van der Waals surface area contributed by atoms with E-state index in [0.717, 1.165) is 12.8 Å². The summed E-state index contributed by atoms with van der Waals surface area (Å²) in [6.45, 7) is 2.00. The van der Waals surface area contributed by atoms with Crippen LogP contribution in [0.1, 0.15) is 30.7 Å². The van der Waals surface area contributed by atoms with Crippen molar-refractivity contribution in [3.05, 3.63) is 51.7 Å². The zero-order valence-electron chi connectivity index (χ0n) is 14.4. The summed E-state index contributed by atoms with van der Waals surface area (Å²) < 4.78 is 10.7. The number of ether oxygens (including phenoxy) is 2. The minimum atomic E-state index is -0.826. The highest BCUT2D eigenvalue weighted by Gasteiger charge is 2.31. The second-order valence-electron chi connectivity index (χ2n) is 6.09. The molecule has 1 aromatic heterocycles. The van der Waals surface area contributed by atoms with Crippen LogP contribution in [0.2, 0.25) is 5.02 Å². The molecule has 26 heavy (non-hydrogen) atoms. The molecule has 0 aliphatic carbocycles. The van der Waals surface area contributed by atoms with Gasteiger partial charge in [-0.3, -0.25) is 4.79 Å². The minimum Gasteiger partial charge on any atom is -0.479 e. The first-order valence-electron chi connectivity index (χ1n) is 8.46. The van der Waals surface area contributed by atoms with Crippen LogP contribution in [0.3, 0.4) is 0 Å². The number of hydrogen-bond donors (Lipinski definition) is 0. The molecule has 1 saturated heterocycles. The van der Waals surface area contributed by atoms with E-state index in [1.807, 2.05) is 17.5 Å². The molecule has 2 aromatic rings. The summed E-state index contributed by atoms with van der Waals surface area (Å²) in [7, 11) is 0. The van der Waals surface area contributed by atoms with Crippen LogP contribution in [-0.4, -0.2) is 36.0 Å². The molecule has 5 nitrogen and oxygen atoms in total. The van der Waals surface area contributed by atoms with Crippen LogP contribution in [0.4, 0.5) is 0 Å². The van der Waals surface area contributed by atoms with Gasteiger partial charge < -0.3 is 14.4 Å². The Kier molecular flexibility index (Phi) is 6.16. The summed E-state index contributed by atoms with van der Waals surface area (Å²) in [4.78, 5) is 27.5. The molecule has 1 aliphatic rings. The molecule has 7 heteroatoms. The number of benzene rings is 1. The van der Waals surface area contributed by atoms with Crippen molar-refractivity contribution in [2.24, 2.45) is 0 Å². The Balaban J connectivity index is 1.51. The van der Waals surface area contributed by atoms with Crippen LogP contribution in [-0.2, 0) is 14.3 Å². The number of nitrogens with zero attached hydrogens (tertiary/aromatic N) is 1. The molecule has 1 amide bonds. The molecule has 0 bridgehead atoms. The van der Waals surface area contributed by atoms with Crippen molar-refractivity contribution in [3.8, 4) is 5.75 Å². The lowest BCUT2D eigenvalue weighted by Crippen LogP contribution is -2.36. The maximum Gasteiger partial charge on any atom is 0.347 e. The van der Waals surface area contributed by atoms with Gasteiger partial charge in [0.05, 0.1) is 6.04 Å². The van der Waals surface area contributed by atoms with E-state index in [9.17, 15) is 9.59 Å². The number of carbonyl (C=O) groups is 2. The predicted molar refractivity (Wildman–Crippen MR) is 101 cm³/mol. The molecule has 138 valence electrons. The van der Waals surface area contributed by atoms with E-state index >= 15 is 0 Å². The van der Waals surface area contributed by atoms with Gasteiger partial charge in [-0.2, -0.15) is 0 Å². The van der Waals surface area contributed by atoms with E-state index in [1.165, 1.54) is 4.88 Å². The molecule has 1 fully saturated rings. The summed E-state index contributed by atoms with van der Waals surface area (Å²) in [6.07, 6.45) is 1.07. The van der Waals surface area contributed by atoms with Crippen molar-refractivity contribution < 1.29 is 19.1 Å². The lowest BCUT2D eigenvalue weighted by molar-refractivity contribution is -0.157. The van der Waals surface area contributed by atoms with Crippen molar-refractivity contribution >= 4 is 34.8 Å². The molecule has 2 unspecified atom stereocenters. The second-order valence-corrected chi connectivity index (χ2v) is 7.50. The van der Waals surface area contributed by atoms with Gasteiger partial charge in [-0.15, -0.1) is 11.3 Å². The Bertz CT molecular complexity index is 765. The number of amides is 1. The summed E-state index contributed by atoms with van der Waals surface area (Å²) in [5, 5.41) is 2.53. The highest BCUT2D eigenvalue weighted by atomic mass is 35.5. The summed E-state index contributed by atoms with van der Waals surface area (Å²) in [5.74, 6) is -0.278. The van der Waals surface area contributed by atoms with Gasteiger partial charge in [0.15, 0.2) is 12.7 Å². The van der Waals surface area contributed by atoms with Crippen LogP contribution in [0.25, 0.3) is 0 Å². The van der Waals surface area contributed by atoms with Crippen LogP contribution in [0.15, 0.2) is 41.8 Å². The van der Waals surface area contributed by atoms with Gasteiger partial charge >= 0.3 is 5.97 Å². The molecule has 1 aliphatic heterocycles. The SMILES string of the molecule is CC(Oc1cccc(Cl)c1)C(=O)OCC(=O)N1CCCC1c1cccs1. The standard InChI is InChI=1S/C19H20ClNO4S/c1-13(25-15-6-2-5-14(20)11-15)19(23)24-12-18(22)21-9-3-7-16(21)17-8-4-10-26-17/h2,4-6,8,10-11,13,16H,3,7,9,12H2,1H3. The van der Waals surface area contributed by atoms with Gasteiger partial charge in [-0.05, 0) is 49.4 Å². The normalized spacial score (nSPS) is 17.8. The Morgan fingerprint density at radius 2 is 2.19 bits per heavy atom. The van der Waals surface area contributed by atoms with Crippen LogP contribution in [0.5, 0.6) is 5.75 Å². The fourth-order valence-corrected chi connectivity index (χ4v) is 4.02. The topological polar surface area (TPSA) is 55.8 Å². The van der Waals surface area contributed by atoms with Gasteiger partial charge in [-0.25, -0.2) is 4.79 Å². The number of rotatable bonds is 6. The molecule has 0 saturated carbocycles. The molecule has 2 heterocycles.